The van der Waals surface area contributed by atoms with Crippen LogP contribution in [0.4, 0.5) is 4.39 Å². The molecular formula is C12H15FO. The van der Waals surface area contributed by atoms with E-state index in [2.05, 4.69) is 0 Å². The van der Waals surface area contributed by atoms with Gasteiger partial charge in [0.05, 0.1) is 6.61 Å². The van der Waals surface area contributed by atoms with Crippen LogP contribution >= 0.6 is 0 Å². The fourth-order valence-electron chi connectivity index (χ4n) is 2.17. The molecule has 0 radical (unpaired) electrons. The minimum atomic E-state index is -1.33. The molecule has 0 unspecified atom stereocenters. The summed E-state index contributed by atoms with van der Waals surface area (Å²) in [4.78, 5) is 0. The topological polar surface area (TPSA) is 20.2 Å². The fourth-order valence-corrected chi connectivity index (χ4v) is 2.17. The lowest BCUT2D eigenvalue weighted by Crippen LogP contribution is -2.51. The molecule has 0 saturated heterocycles. The molecule has 1 fully saturated rings. The van der Waals surface area contributed by atoms with Crippen LogP contribution in [0.25, 0.3) is 0 Å². The zero-order chi connectivity index (χ0) is 10.2. The van der Waals surface area contributed by atoms with Gasteiger partial charge in [-0.2, -0.15) is 0 Å². The molecule has 1 aliphatic rings. The minimum Gasteiger partial charge on any atom is -0.396 e. The van der Waals surface area contributed by atoms with E-state index in [1.165, 1.54) is 0 Å². The molecule has 0 bridgehead atoms. The van der Waals surface area contributed by atoms with Gasteiger partial charge in [0.2, 0.25) is 0 Å². The van der Waals surface area contributed by atoms with Gasteiger partial charge in [0, 0.05) is 5.41 Å². The quantitative estimate of drug-likeness (QED) is 0.767. The SMILES string of the molecule is C[C@]1(CO)CC[C@]1(F)c1ccccc1. The zero-order valence-electron chi connectivity index (χ0n) is 8.33. The van der Waals surface area contributed by atoms with Gasteiger partial charge in [0.15, 0.2) is 0 Å². The standard InChI is InChI=1S/C12H15FO/c1-11(9-14)7-8-12(11,13)10-5-3-2-4-6-10/h2-6,14H,7-9H2,1H3/t11-,12+/m1/s1. The minimum absolute atomic E-state index is 0.0849. The van der Waals surface area contributed by atoms with Gasteiger partial charge in [-0.05, 0) is 18.4 Å². The number of rotatable bonds is 2. The van der Waals surface area contributed by atoms with Crippen molar-refractivity contribution in [3.05, 3.63) is 35.9 Å². The highest BCUT2D eigenvalue weighted by atomic mass is 19.1. The number of hydrogen-bond donors (Lipinski definition) is 1. The Labute approximate surface area is 83.6 Å². The van der Waals surface area contributed by atoms with Crippen LogP contribution in [0.5, 0.6) is 0 Å². The summed E-state index contributed by atoms with van der Waals surface area (Å²) >= 11 is 0. The molecule has 76 valence electrons. The first-order valence-electron chi connectivity index (χ1n) is 4.98. The van der Waals surface area contributed by atoms with Gasteiger partial charge in [0.1, 0.15) is 5.67 Å². The fraction of sp³-hybridized carbons (Fsp3) is 0.500. The van der Waals surface area contributed by atoms with Crippen LogP contribution in [0.3, 0.4) is 0 Å². The summed E-state index contributed by atoms with van der Waals surface area (Å²) in [6, 6.07) is 9.15. The molecule has 14 heavy (non-hydrogen) atoms. The van der Waals surface area contributed by atoms with Crippen LogP contribution in [0, 0.1) is 5.41 Å². The van der Waals surface area contributed by atoms with Crippen LogP contribution in [-0.2, 0) is 5.67 Å². The first kappa shape index (κ1) is 9.66. The Morgan fingerprint density at radius 3 is 2.36 bits per heavy atom. The first-order chi connectivity index (χ1) is 6.62. The van der Waals surface area contributed by atoms with E-state index in [4.69, 9.17) is 0 Å². The van der Waals surface area contributed by atoms with Crippen molar-refractivity contribution in [2.75, 3.05) is 6.61 Å². The lowest BCUT2D eigenvalue weighted by atomic mass is 9.57. The molecule has 2 rings (SSSR count). The monoisotopic (exact) mass is 194 g/mol. The molecule has 0 aromatic heterocycles. The highest BCUT2D eigenvalue weighted by Crippen LogP contribution is 2.58. The molecule has 0 amide bonds. The summed E-state index contributed by atoms with van der Waals surface area (Å²) < 4.78 is 14.5. The third kappa shape index (κ3) is 1.10. The zero-order valence-corrected chi connectivity index (χ0v) is 8.33. The van der Waals surface area contributed by atoms with Crippen molar-refractivity contribution in [1.29, 1.82) is 0 Å². The summed E-state index contributed by atoms with van der Waals surface area (Å²) in [6.45, 7) is 1.72. The Bertz CT molecular complexity index is 320. The van der Waals surface area contributed by atoms with E-state index in [1.54, 1.807) is 12.1 Å². The van der Waals surface area contributed by atoms with E-state index in [-0.39, 0.29) is 6.61 Å². The number of aliphatic hydroxyl groups is 1. The predicted molar refractivity (Wildman–Crippen MR) is 53.7 cm³/mol. The van der Waals surface area contributed by atoms with Gasteiger partial charge in [-0.1, -0.05) is 37.3 Å². The molecule has 0 spiro atoms. The van der Waals surface area contributed by atoms with Crippen molar-refractivity contribution < 1.29 is 9.50 Å². The Hall–Kier alpha value is -0.890. The highest BCUT2D eigenvalue weighted by Gasteiger charge is 2.57. The molecular weight excluding hydrogens is 179 g/mol. The summed E-state index contributed by atoms with van der Waals surface area (Å²) in [5.41, 5.74) is -1.22. The maximum atomic E-state index is 14.5. The van der Waals surface area contributed by atoms with Crippen LogP contribution in [-0.4, -0.2) is 11.7 Å². The Morgan fingerprint density at radius 1 is 1.29 bits per heavy atom. The number of hydrogen-bond acceptors (Lipinski definition) is 1. The first-order valence-corrected chi connectivity index (χ1v) is 4.98. The Balaban J connectivity index is 2.35. The van der Waals surface area contributed by atoms with Gasteiger partial charge in [0.25, 0.3) is 0 Å². The van der Waals surface area contributed by atoms with Crippen molar-refractivity contribution in [3.8, 4) is 0 Å². The smallest absolute Gasteiger partial charge is 0.143 e. The predicted octanol–water partition coefficient (Wildman–Crippen LogP) is 2.64. The summed E-state index contributed by atoms with van der Waals surface area (Å²) in [5, 5.41) is 9.20. The number of aliphatic hydroxyl groups excluding tert-OH is 1. The van der Waals surface area contributed by atoms with Crippen LogP contribution in [0.15, 0.2) is 30.3 Å². The van der Waals surface area contributed by atoms with Crippen molar-refractivity contribution in [1.82, 2.24) is 0 Å². The van der Waals surface area contributed by atoms with Crippen LogP contribution < -0.4 is 0 Å². The average molecular weight is 194 g/mol. The average Bonchev–Trinajstić information content (AvgIpc) is 2.26. The third-order valence-electron chi connectivity index (χ3n) is 3.56. The Kier molecular flexibility index (Phi) is 2.11. The van der Waals surface area contributed by atoms with Crippen molar-refractivity contribution in [3.63, 3.8) is 0 Å². The molecule has 0 aliphatic heterocycles. The molecule has 1 N–H and O–H groups in total. The van der Waals surface area contributed by atoms with Crippen molar-refractivity contribution in [2.24, 2.45) is 5.41 Å². The van der Waals surface area contributed by atoms with E-state index in [0.717, 1.165) is 6.42 Å². The second-order valence-electron chi connectivity index (χ2n) is 4.39. The molecule has 2 heteroatoms. The van der Waals surface area contributed by atoms with Gasteiger partial charge >= 0.3 is 0 Å². The normalized spacial score (nSPS) is 36.5. The second-order valence-corrected chi connectivity index (χ2v) is 4.39. The van der Waals surface area contributed by atoms with E-state index >= 15 is 0 Å². The summed E-state index contributed by atoms with van der Waals surface area (Å²) in [6.07, 6.45) is 1.28. The Morgan fingerprint density at radius 2 is 1.93 bits per heavy atom. The van der Waals surface area contributed by atoms with Gasteiger partial charge in [-0.25, -0.2) is 4.39 Å². The number of alkyl halides is 1. The van der Waals surface area contributed by atoms with Gasteiger partial charge in [-0.15, -0.1) is 0 Å². The third-order valence-corrected chi connectivity index (χ3v) is 3.56. The highest BCUT2D eigenvalue weighted by molar-refractivity contribution is 5.28. The second kappa shape index (κ2) is 3.06. The van der Waals surface area contributed by atoms with Gasteiger partial charge < -0.3 is 5.11 Å². The van der Waals surface area contributed by atoms with Gasteiger partial charge in [-0.3, -0.25) is 0 Å². The number of benzene rings is 1. The maximum Gasteiger partial charge on any atom is 0.143 e. The lowest BCUT2D eigenvalue weighted by Gasteiger charge is -2.51. The molecule has 0 heterocycles. The molecule has 1 aliphatic carbocycles. The molecule has 1 aromatic rings. The molecule has 1 saturated carbocycles. The van der Waals surface area contributed by atoms with Crippen LogP contribution in [0.1, 0.15) is 25.3 Å². The summed E-state index contributed by atoms with van der Waals surface area (Å²) in [7, 11) is 0. The molecule has 1 aromatic carbocycles. The largest absolute Gasteiger partial charge is 0.396 e. The molecule has 1 nitrogen and oxygen atoms in total. The van der Waals surface area contributed by atoms with E-state index in [0.29, 0.717) is 12.0 Å². The maximum absolute atomic E-state index is 14.5. The van der Waals surface area contributed by atoms with E-state index < -0.39 is 11.1 Å². The number of halogens is 1. The van der Waals surface area contributed by atoms with E-state index in [9.17, 15) is 9.50 Å². The molecule has 2 atom stereocenters. The van der Waals surface area contributed by atoms with Crippen LogP contribution in [0.2, 0.25) is 0 Å². The van der Waals surface area contributed by atoms with Crippen molar-refractivity contribution >= 4 is 0 Å². The summed E-state index contributed by atoms with van der Waals surface area (Å²) in [5.74, 6) is 0. The lowest BCUT2D eigenvalue weighted by molar-refractivity contribution is -0.128. The van der Waals surface area contributed by atoms with E-state index in [1.807, 2.05) is 25.1 Å². The van der Waals surface area contributed by atoms with Crippen molar-refractivity contribution in [2.45, 2.75) is 25.4 Å².